The smallest absolute Gasteiger partial charge is 0.328 e. The van der Waals surface area contributed by atoms with Gasteiger partial charge in [0.05, 0.1) is 17.6 Å². The van der Waals surface area contributed by atoms with E-state index in [0.29, 0.717) is 12.2 Å². The van der Waals surface area contributed by atoms with E-state index in [4.69, 9.17) is 9.15 Å². The molecular formula is C18H20N2O6S. The van der Waals surface area contributed by atoms with Crippen LogP contribution in [0.4, 0.5) is 5.69 Å². The summed E-state index contributed by atoms with van der Waals surface area (Å²) in [5, 5.41) is 13.8. The Morgan fingerprint density at radius 2 is 2.07 bits per heavy atom. The molecule has 0 bridgehead atoms. The highest BCUT2D eigenvalue weighted by atomic mass is 32.2. The topological polar surface area (TPSA) is 112 Å². The Kier molecular flexibility index (Phi) is 7.00. The molecule has 144 valence electrons. The maximum Gasteiger partial charge on any atom is 0.328 e. The summed E-state index contributed by atoms with van der Waals surface area (Å²) in [5.41, 5.74) is 0.907. The number of benzene rings is 1. The monoisotopic (exact) mass is 392 g/mol. The summed E-state index contributed by atoms with van der Waals surface area (Å²) < 4.78 is 10.2. The van der Waals surface area contributed by atoms with Crippen LogP contribution in [0, 0.1) is 17.0 Å². The van der Waals surface area contributed by atoms with Gasteiger partial charge in [-0.2, -0.15) is 11.8 Å². The van der Waals surface area contributed by atoms with Gasteiger partial charge in [-0.1, -0.05) is 6.07 Å². The van der Waals surface area contributed by atoms with Crippen molar-refractivity contribution < 1.29 is 23.7 Å². The number of carbonyl (C=O) groups excluding carboxylic acids is 2. The molecule has 9 heteroatoms. The Morgan fingerprint density at radius 1 is 1.33 bits per heavy atom. The number of aryl methyl sites for hydroxylation is 1. The number of nitrogens with zero attached hydrogens (tertiary/aromatic N) is 1. The fourth-order valence-electron chi connectivity index (χ4n) is 2.46. The second-order valence-corrected chi connectivity index (χ2v) is 6.76. The number of nitro groups is 1. The van der Waals surface area contributed by atoms with Crippen LogP contribution in [0.1, 0.15) is 22.5 Å². The molecule has 0 aliphatic carbocycles. The summed E-state index contributed by atoms with van der Waals surface area (Å²) in [6.45, 7) is 1.75. The second kappa shape index (κ2) is 9.22. The lowest BCUT2D eigenvalue weighted by Crippen LogP contribution is -2.41. The number of nitro benzene ring substituents is 1. The molecule has 0 fully saturated rings. The van der Waals surface area contributed by atoms with Crippen molar-refractivity contribution in [3.63, 3.8) is 0 Å². The molecule has 2 rings (SSSR count). The minimum Gasteiger partial charge on any atom is -0.467 e. The third-order valence-corrected chi connectivity index (χ3v) is 4.49. The van der Waals surface area contributed by atoms with Gasteiger partial charge in [-0.05, 0) is 49.1 Å². The van der Waals surface area contributed by atoms with E-state index in [0.717, 1.165) is 5.56 Å². The molecule has 1 amide bonds. The van der Waals surface area contributed by atoms with E-state index < -0.39 is 22.8 Å². The van der Waals surface area contributed by atoms with E-state index in [2.05, 4.69) is 5.32 Å². The van der Waals surface area contributed by atoms with Gasteiger partial charge < -0.3 is 14.5 Å². The molecule has 0 aliphatic heterocycles. The van der Waals surface area contributed by atoms with Gasteiger partial charge >= 0.3 is 5.97 Å². The van der Waals surface area contributed by atoms with Gasteiger partial charge in [-0.25, -0.2) is 4.79 Å². The molecule has 1 unspecified atom stereocenters. The van der Waals surface area contributed by atoms with Crippen LogP contribution in [0.3, 0.4) is 0 Å². The number of carbonyl (C=O) groups is 2. The zero-order valence-electron chi connectivity index (χ0n) is 15.2. The number of rotatable bonds is 8. The lowest BCUT2D eigenvalue weighted by molar-refractivity contribution is -0.384. The predicted octanol–water partition coefficient (Wildman–Crippen LogP) is 3.19. The molecule has 2 aromatic rings. The van der Waals surface area contributed by atoms with Gasteiger partial charge in [0.15, 0.2) is 5.76 Å². The molecule has 0 spiro atoms. The highest BCUT2D eigenvalue weighted by Gasteiger charge is 2.24. The second-order valence-electron chi connectivity index (χ2n) is 5.77. The van der Waals surface area contributed by atoms with Crippen molar-refractivity contribution in [1.29, 1.82) is 0 Å². The Balaban J connectivity index is 2.23. The normalized spacial score (nSPS) is 11.7. The van der Waals surface area contributed by atoms with Gasteiger partial charge in [-0.3, -0.25) is 14.9 Å². The van der Waals surface area contributed by atoms with Crippen molar-refractivity contribution in [3.05, 3.63) is 51.8 Å². The molecule has 0 saturated heterocycles. The molecular weight excluding hydrogens is 372 g/mol. The SMILES string of the molecule is COC(=O)C(CCSC)NC(=O)c1ccc(-c2ccc(C)cc2[N+](=O)[O-])o1. The number of nitrogens with one attached hydrogen (secondary N) is 1. The molecule has 0 aliphatic rings. The van der Waals surface area contributed by atoms with Crippen LogP contribution in [0.2, 0.25) is 0 Å². The first-order valence-electron chi connectivity index (χ1n) is 8.10. The van der Waals surface area contributed by atoms with Crippen LogP contribution in [0.15, 0.2) is 34.7 Å². The third-order valence-electron chi connectivity index (χ3n) is 3.85. The number of amides is 1. The van der Waals surface area contributed by atoms with Crippen molar-refractivity contribution in [1.82, 2.24) is 5.32 Å². The quantitative estimate of drug-likeness (QED) is 0.417. The fourth-order valence-corrected chi connectivity index (χ4v) is 2.93. The number of furan rings is 1. The van der Waals surface area contributed by atoms with Crippen molar-refractivity contribution in [2.45, 2.75) is 19.4 Å². The highest BCUT2D eigenvalue weighted by Crippen LogP contribution is 2.32. The first-order valence-corrected chi connectivity index (χ1v) is 9.49. The van der Waals surface area contributed by atoms with E-state index in [1.807, 2.05) is 6.26 Å². The van der Waals surface area contributed by atoms with E-state index >= 15 is 0 Å². The van der Waals surface area contributed by atoms with Crippen molar-refractivity contribution in [3.8, 4) is 11.3 Å². The molecule has 1 aromatic heterocycles. The molecule has 1 atom stereocenters. The van der Waals surface area contributed by atoms with Crippen LogP contribution in [0.25, 0.3) is 11.3 Å². The predicted molar refractivity (Wildman–Crippen MR) is 102 cm³/mol. The maximum atomic E-state index is 12.4. The van der Waals surface area contributed by atoms with Crippen LogP contribution in [-0.4, -0.2) is 42.0 Å². The summed E-state index contributed by atoms with van der Waals surface area (Å²) >= 11 is 1.54. The average Bonchev–Trinajstić information content (AvgIpc) is 3.14. The summed E-state index contributed by atoms with van der Waals surface area (Å²) in [7, 11) is 1.25. The summed E-state index contributed by atoms with van der Waals surface area (Å²) in [6, 6.07) is 6.84. The van der Waals surface area contributed by atoms with E-state index in [-0.39, 0.29) is 22.8 Å². The molecule has 1 heterocycles. The van der Waals surface area contributed by atoms with Crippen LogP contribution >= 0.6 is 11.8 Å². The largest absolute Gasteiger partial charge is 0.467 e. The van der Waals surface area contributed by atoms with E-state index in [1.165, 1.54) is 25.3 Å². The zero-order valence-corrected chi connectivity index (χ0v) is 16.0. The lowest BCUT2D eigenvalue weighted by Gasteiger charge is -2.15. The number of methoxy groups -OCH3 is 1. The number of ether oxygens (including phenoxy) is 1. The first kappa shape index (κ1) is 20.5. The Hall–Kier alpha value is -2.81. The summed E-state index contributed by atoms with van der Waals surface area (Å²) in [6.07, 6.45) is 2.31. The van der Waals surface area contributed by atoms with Gasteiger partial charge in [-0.15, -0.1) is 0 Å². The molecule has 1 N–H and O–H groups in total. The molecule has 27 heavy (non-hydrogen) atoms. The van der Waals surface area contributed by atoms with Gasteiger partial charge in [0.2, 0.25) is 0 Å². The van der Waals surface area contributed by atoms with E-state index in [1.54, 1.807) is 30.8 Å². The lowest BCUT2D eigenvalue weighted by atomic mass is 10.1. The van der Waals surface area contributed by atoms with Crippen molar-refractivity contribution in [2.24, 2.45) is 0 Å². The number of esters is 1. The van der Waals surface area contributed by atoms with E-state index in [9.17, 15) is 19.7 Å². The summed E-state index contributed by atoms with van der Waals surface area (Å²) in [5.74, 6) is -0.312. The minimum atomic E-state index is -0.794. The molecule has 8 nitrogen and oxygen atoms in total. The van der Waals surface area contributed by atoms with Gasteiger partial charge in [0.1, 0.15) is 11.8 Å². The van der Waals surface area contributed by atoms with Crippen molar-refractivity contribution >= 4 is 29.3 Å². The first-order chi connectivity index (χ1) is 12.9. The average molecular weight is 392 g/mol. The van der Waals surface area contributed by atoms with Crippen molar-refractivity contribution in [2.75, 3.05) is 19.1 Å². The third kappa shape index (κ3) is 5.10. The number of hydrogen-bond acceptors (Lipinski definition) is 7. The molecule has 0 saturated carbocycles. The highest BCUT2D eigenvalue weighted by molar-refractivity contribution is 7.98. The van der Waals surface area contributed by atoms with Crippen LogP contribution in [-0.2, 0) is 9.53 Å². The summed E-state index contributed by atoms with van der Waals surface area (Å²) in [4.78, 5) is 35.0. The maximum absolute atomic E-state index is 12.4. The van der Waals surface area contributed by atoms with Crippen LogP contribution in [0.5, 0.6) is 0 Å². The van der Waals surface area contributed by atoms with Crippen LogP contribution < -0.4 is 5.32 Å². The Bertz CT molecular complexity index is 848. The Morgan fingerprint density at radius 3 is 2.70 bits per heavy atom. The standard InChI is InChI=1S/C18H20N2O6S/c1-11-4-5-12(14(10-11)20(23)24)15-6-7-16(26-15)17(21)19-13(8-9-27-3)18(22)25-2/h4-7,10,13H,8-9H2,1-3H3,(H,19,21). The molecule has 0 radical (unpaired) electrons. The number of hydrogen-bond donors (Lipinski definition) is 1. The molecule has 1 aromatic carbocycles. The fraction of sp³-hybridized carbons (Fsp3) is 0.333. The van der Waals surface area contributed by atoms with Gasteiger partial charge in [0.25, 0.3) is 11.6 Å². The minimum absolute atomic E-state index is 0.0436. The zero-order chi connectivity index (χ0) is 20.0. The number of thioether (sulfide) groups is 1. The van der Waals surface area contributed by atoms with Gasteiger partial charge in [0, 0.05) is 6.07 Å². The Labute approximate surface area is 160 Å².